The average molecular weight is 699 g/mol. The Labute approximate surface area is 299 Å². The number of fused-ring (bicyclic) bond motifs is 7. The van der Waals surface area contributed by atoms with Crippen molar-refractivity contribution in [2.75, 3.05) is 45.8 Å². The molecule has 272 valence electrons. The fourth-order valence-electron chi connectivity index (χ4n) is 8.92. The normalized spacial score (nSPS) is 29.3. The number of piperidine rings is 2. The smallest absolute Gasteiger partial charge is 0.410 e. The third-order valence-corrected chi connectivity index (χ3v) is 11.7. The Balaban J connectivity index is 1.09. The Morgan fingerprint density at radius 1 is 0.765 bits per heavy atom. The molecule has 6 heterocycles. The Morgan fingerprint density at radius 2 is 1.51 bits per heavy atom. The van der Waals surface area contributed by atoms with Crippen molar-refractivity contribution in [3.63, 3.8) is 0 Å². The van der Waals surface area contributed by atoms with E-state index in [-0.39, 0.29) is 72.8 Å². The summed E-state index contributed by atoms with van der Waals surface area (Å²) < 4.78 is 5.66. The lowest BCUT2D eigenvalue weighted by molar-refractivity contribution is -0.135. The Bertz CT molecular complexity index is 1570. The lowest BCUT2D eigenvalue weighted by Gasteiger charge is -2.41. The fraction of sp³-hybridized carbons (Fsp3) is 0.564. The molecule has 2 aromatic carbocycles. The summed E-state index contributed by atoms with van der Waals surface area (Å²) in [5.41, 5.74) is 1.41. The second kappa shape index (κ2) is 15.8. The van der Waals surface area contributed by atoms with E-state index < -0.39 is 6.04 Å². The van der Waals surface area contributed by atoms with Crippen molar-refractivity contribution < 1.29 is 28.7 Å². The number of carbonyl (C=O) groups is 5. The quantitative estimate of drug-likeness (QED) is 0.504. The van der Waals surface area contributed by atoms with E-state index in [4.69, 9.17) is 4.74 Å². The summed E-state index contributed by atoms with van der Waals surface area (Å²) >= 11 is 0. The first kappa shape index (κ1) is 35.0. The Hall–Kier alpha value is -4.45. The van der Waals surface area contributed by atoms with Crippen molar-refractivity contribution in [2.24, 2.45) is 11.8 Å². The van der Waals surface area contributed by atoms with Crippen molar-refractivity contribution in [1.82, 2.24) is 30.2 Å². The Kier molecular flexibility index (Phi) is 10.9. The molecule has 0 aliphatic carbocycles. The number of benzene rings is 2. The van der Waals surface area contributed by atoms with Crippen LogP contribution in [0.5, 0.6) is 0 Å². The highest BCUT2D eigenvalue weighted by molar-refractivity contribution is 5.98. The van der Waals surface area contributed by atoms with Crippen molar-refractivity contribution >= 4 is 29.7 Å². The molecule has 0 aromatic heterocycles. The number of likely N-dealkylation sites (tertiary alicyclic amines) is 2. The van der Waals surface area contributed by atoms with Gasteiger partial charge in [0.15, 0.2) is 0 Å². The summed E-state index contributed by atoms with van der Waals surface area (Å²) in [5, 5.41) is 6.31. The summed E-state index contributed by atoms with van der Waals surface area (Å²) in [4.78, 5) is 75.8. The van der Waals surface area contributed by atoms with Crippen molar-refractivity contribution in [2.45, 2.75) is 82.1 Å². The second-order valence-corrected chi connectivity index (χ2v) is 14.9. The zero-order valence-electron chi connectivity index (χ0n) is 29.3. The van der Waals surface area contributed by atoms with Crippen LogP contribution in [0.2, 0.25) is 0 Å². The van der Waals surface area contributed by atoms with Gasteiger partial charge in [0.25, 0.3) is 5.91 Å². The molecule has 6 saturated heterocycles. The summed E-state index contributed by atoms with van der Waals surface area (Å²) in [6, 6.07) is 17.4. The molecule has 0 saturated carbocycles. The van der Waals surface area contributed by atoms with Crippen LogP contribution in [0.4, 0.5) is 4.79 Å². The fourth-order valence-corrected chi connectivity index (χ4v) is 8.92. The molecular weight excluding hydrogens is 648 g/mol. The first-order valence-corrected chi connectivity index (χ1v) is 18.8. The number of rotatable bonds is 3. The minimum absolute atomic E-state index is 0.0186. The summed E-state index contributed by atoms with van der Waals surface area (Å²) in [6.45, 7) is 3.91. The molecule has 2 N–H and O–H groups in total. The number of hydrogen-bond donors (Lipinski definition) is 2. The maximum atomic E-state index is 13.8. The average Bonchev–Trinajstić information content (AvgIpc) is 3.83. The van der Waals surface area contributed by atoms with Crippen LogP contribution in [-0.4, -0.2) is 119 Å². The molecule has 5 amide bonds. The van der Waals surface area contributed by atoms with Gasteiger partial charge in [-0.3, -0.25) is 24.1 Å². The van der Waals surface area contributed by atoms with Gasteiger partial charge in [-0.15, -0.1) is 0 Å². The molecule has 12 heteroatoms. The zero-order valence-corrected chi connectivity index (χ0v) is 29.3. The second-order valence-electron chi connectivity index (χ2n) is 14.9. The minimum Gasteiger partial charge on any atom is -0.445 e. The monoisotopic (exact) mass is 698 g/mol. The van der Waals surface area contributed by atoms with Gasteiger partial charge in [-0.1, -0.05) is 48.5 Å². The van der Waals surface area contributed by atoms with Crippen LogP contribution in [0.25, 0.3) is 0 Å². The van der Waals surface area contributed by atoms with Gasteiger partial charge in [-0.25, -0.2) is 4.79 Å². The van der Waals surface area contributed by atoms with Crippen LogP contribution in [0.1, 0.15) is 67.3 Å². The van der Waals surface area contributed by atoms with Gasteiger partial charge in [-0.2, -0.15) is 0 Å². The number of nitrogens with zero attached hydrogens (tertiary/aromatic N) is 4. The molecule has 8 rings (SSSR count). The predicted molar refractivity (Wildman–Crippen MR) is 189 cm³/mol. The molecule has 6 fully saturated rings. The first-order valence-electron chi connectivity index (χ1n) is 18.8. The van der Waals surface area contributed by atoms with Gasteiger partial charge < -0.3 is 30.1 Å². The van der Waals surface area contributed by atoms with E-state index in [1.807, 2.05) is 41.3 Å². The maximum Gasteiger partial charge on any atom is 0.410 e. The van der Waals surface area contributed by atoms with Crippen molar-refractivity contribution in [1.29, 1.82) is 0 Å². The summed E-state index contributed by atoms with van der Waals surface area (Å²) in [6.07, 6.45) is 4.97. The number of ether oxygens (including phenoxy) is 1. The maximum absolute atomic E-state index is 13.8. The third kappa shape index (κ3) is 8.06. The van der Waals surface area contributed by atoms with Gasteiger partial charge in [0.1, 0.15) is 12.6 Å². The van der Waals surface area contributed by atoms with E-state index in [0.717, 1.165) is 37.8 Å². The van der Waals surface area contributed by atoms with Crippen LogP contribution in [0.3, 0.4) is 0 Å². The minimum atomic E-state index is -0.735. The van der Waals surface area contributed by atoms with E-state index in [2.05, 4.69) is 15.5 Å². The molecule has 0 unspecified atom stereocenters. The van der Waals surface area contributed by atoms with E-state index >= 15 is 0 Å². The largest absolute Gasteiger partial charge is 0.445 e. The van der Waals surface area contributed by atoms with E-state index in [0.29, 0.717) is 64.0 Å². The Morgan fingerprint density at radius 3 is 2.27 bits per heavy atom. The molecule has 0 radical (unpaired) electrons. The van der Waals surface area contributed by atoms with E-state index in [9.17, 15) is 24.0 Å². The number of amides is 5. The van der Waals surface area contributed by atoms with Crippen LogP contribution in [0, 0.1) is 11.8 Å². The highest BCUT2D eigenvalue weighted by atomic mass is 16.6. The van der Waals surface area contributed by atoms with Crippen molar-refractivity contribution in [3.05, 3.63) is 71.8 Å². The van der Waals surface area contributed by atoms with Crippen LogP contribution in [-0.2, 0) is 25.7 Å². The standard InChI is InChI=1S/C39H50N6O6/c46-35-22-29-14-19-43(39(50)51-26-27-8-3-1-4-9-27)24-30(29)13-17-40-36(47)34-23-31(25-45(34)38(49)28-10-5-2-6-11-28)41-37(48)33-12-7-18-44(33)32-15-20-42(35)21-16-32/h1-6,8-11,29-34H,7,12-26H2,(H,40,47)(H,41,48)/t29-,30-,31+,33-,34+/m0/s1. The number of nitrogens with one attached hydrogen (secondary N) is 2. The van der Waals surface area contributed by atoms with Crippen LogP contribution in [0.15, 0.2) is 60.7 Å². The number of carbonyl (C=O) groups excluding carboxylic acids is 5. The van der Waals surface area contributed by atoms with Gasteiger partial charge in [0, 0.05) is 63.3 Å². The van der Waals surface area contributed by atoms with E-state index in [1.165, 1.54) is 0 Å². The van der Waals surface area contributed by atoms with Crippen molar-refractivity contribution in [3.8, 4) is 0 Å². The third-order valence-electron chi connectivity index (χ3n) is 11.7. The lowest BCUT2D eigenvalue weighted by Crippen LogP contribution is -2.54. The highest BCUT2D eigenvalue weighted by Crippen LogP contribution is 2.32. The first-order chi connectivity index (χ1) is 24.8. The molecule has 5 atom stereocenters. The molecule has 51 heavy (non-hydrogen) atoms. The SMILES string of the molecule is O=C1NCC[C@H]2CN(C(=O)OCc3ccccc3)CC[C@H]2CC(=O)N2CCC(CC2)N2CCC[C@H]2C(=O)N[C@@H]2C[C@H]1N(C(=O)c1ccccc1)C2. The molecule has 0 spiro atoms. The molecule has 12 nitrogen and oxygen atoms in total. The van der Waals surface area contributed by atoms with Crippen LogP contribution < -0.4 is 10.6 Å². The van der Waals surface area contributed by atoms with Crippen LogP contribution >= 0.6 is 0 Å². The van der Waals surface area contributed by atoms with Gasteiger partial charge >= 0.3 is 6.09 Å². The van der Waals surface area contributed by atoms with Gasteiger partial charge in [-0.05, 0) is 81.0 Å². The zero-order chi connectivity index (χ0) is 35.3. The number of hydrogen-bond acceptors (Lipinski definition) is 7. The molecular formula is C39H50N6O6. The molecule has 4 bridgehead atoms. The predicted octanol–water partition coefficient (Wildman–Crippen LogP) is 3.03. The molecule has 2 aromatic rings. The van der Waals surface area contributed by atoms with Gasteiger partial charge in [0.05, 0.1) is 6.04 Å². The molecule has 6 aliphatic rings. The summed E-state index contributed by atoms with van der Waals surface area (Å²) in [7, 11) is 0. The van der Waals surface area contributed by atoms with Gasteiger partial charge in [0.2, 0.25) is 17.7 Å². The topological polar surface area (TPSA) is 132 Å². The highest BCUT2D eigenvalue weighted by Gasteiger charge is 2.44. The van der Waals surface area contributed by atoms with E-state index in [1.54, 1.807) is 34.1 Å². The summed E-state index contributed by atoms with van der Waals surface area (Å²) in [5.74, 6) is -0.367. The molecule has 6 aliphatic heterocycles. The lowest BCUT2D eigenvalue weighted by atomic mass is 9.80.